The zero-order valence-corrected chi connectivity index (χ0v) is 18.9. The van der Waals surface area contributed by atoms with E-state index in [0.29, 0.717) is 0 Å². The van der Waals surface area contributed by atoms with Crippen molar-refractivity contribution in [3.63, 3.8) is 0 Å². The first kappa shape index (κ1) is 22.8. The highest BCUT2D eigenvalue weighted by Gasteiger charge is 2.57. The summed E-state index contributed by atoms with van der Waals surface area (Å²) in [4.78, 5) is 37.6. The van der Waals surface area contributed by atoms with E-state index in [0.717, 1.165) is 11.2 Å². The van der Waals surface area contributed by atoms with Gasteiger partial charge in [-0.3, -0.25) is 4.79 Å². The Morgan fingerprint density at radius 2 is 1.65 bits per heavy atom. The molecular weight excluding hydrogens is 350 g/mol. The maximum absolute atomic E-state index is 12.7. The summed E-state index contributed by atoms with van der Waals surface area (Å²) in [6, 6.07) is -0.533. The molecule has 1 rings (SSSR count). The Hall–Kier alpha value is -1.21. The summed E-state index contributed by atoms with van der Waals surface area (Å²) >= 11 is 0. The van der Waals surface area contributed by atoms with Crippen molar-refractivity contribution in [2.24, 2.45) is 11.8 Å². The molecule has 2 amide bonds. The molecule has 150 valence electrons. The first-order valence-corrected chi connectivity index (χ1v) is 12.1. The molecule has 1 aliphatic rings. The van der Waals surface area contributed by atoms with Gasteiger partial charge in [-0.1, -0.05) is 27.7 Å². The molecule has 0 aliphatic carbocycles. The number of β-lactam (4-membered cyclic amide) rings is 1. The van der Waals surface area contributed by atoms with Gasteiger partial charge in [-0.25, -0.2) is 9.69 Å². The van der Waals surface area contributed by atoms with Crippen molar-refractivity contribution in [1.29, 1.82) is 0 Å². The molecule has 0 aromatic rings. The van der Waals surface area contributed by atoms with Gasteiger partial charge in [0.2, 0.25) is 5.91 Å². The third-order valence-corrected chi connectivity index (χ3v) is 9.90. The molecule has 26 heavy (non-hydrogen) atoms. The molecular formula is C19H35NO5Si. The molecule has 0 spiro atoms. The van der Waals surface area contributed by atoms with Gasteiger partial charge < -0.3 is 14.0 Å². The van der Waals surface area contributed by atoms with Crippen molar-refractivity contribution in [2.75, 3.05) is 0 Å². The lowest BCUT2D eigenvalue weighted by Gasteiger charge is -2.51. The number of ether oxygens (including phenoxy) is 1. The number of hydrogen-bond acceptors (Lipinski definition) is 5. The number of aldehydes is 1. The van der Waals surface area contributed by atoms with Crippen LogP contribution in [0.3, 0.4) is 0 Å². The fourth-order valence-corrected chi connectivity index (χ4v) is 4.32. The lowest BCUT2D eigenvalue weighted by Crippen LogP contribution is -2.69. The van der Waals surface area contributed by atoms with Crippen LogP contribution < -0.4 is 0 Å². The topological polar surface area (TPSA) is 72.9 Å². The van der Waals surface area contributed by atoms with Gasteiger partial charge in [0.05, 0.1) is 18.1 Å². The Bertz CT molecular complexity index is 561. The van der Waals surface area contributed by atoms with Crippen LogP contribution in [-0.2, 0) is 18.8 Å². The van der Waals surface area contributed by atoms with E-state index in [1.807, 2.05) is 6.92 Å². The highest BCUT2D eigenvalue weighted by atomic mass is 28.4. The standard InChI is InChI=1S/C19H35NO5Si/c1-12(11-21)15-14(13(2)25-26(9,10)19(6,7)8)16(22)20(15)17(23)24-18(3,4)5/h11-15H,1-10H3/t12-,13+,14+,15+/m0/s1. The molecule has 1 aliphatic heterocycles. The second kappa shape index (κ2) is 7.42. The normalized spacial score (nSPS) is 23.9. The number of hydrogen-bond donors (Lipinski definition) is 0. The minimum atomic E-state index is -2.08. The van der Waals surface area contributed by atoms with Crippen LogP contribution in [0, 0.1) is 11.8 Å². The largest absolute Gasteiger partial charge is 0.443 e. The molecule has 6 nitrogen and oxygen atoms in total. The lowest BCUT2D eigenvalue weighted by molar-refractivity contribution is -0.164. The first-order chi connectivity index (χ1) is 11.5. The van der Waals surface area contributed by atoms with Crippen LogP contribution in [0.4, 0.5) is 4.79 Å². The van der Waals surface area contributed by atoms with Gasteiger partial charge in [-0.05, 0) is 45.8 Å². The van der Waals surface area contributed by atoms with Crippen molar-refractivity contribution in [3.05, 3.63) is 0 Å². The van der Waals surface area contributed by atoms with Gasteiger partial charge in [-0.15, -0.1) is 0 Å². The summed E-state index contributed by atoms with van der Waals surface area (Å²) in [5.41, 5.74) is -0.708. The Labute approximate surface area is 158 Å². The summed E-state index contributed by atoms with van der Waals surface area (Å²) in [5, 5.41) is 0.00464. The number of rotatable bonds is 5. The van der Waals surface area contributed by atoms with E-state index in [-0.39, 0.29) is 17.0 Å². The van der Waals surface area contributed by atoms with Crippen LogP contribution in [0.15, 0.2) is 0 Å². The average molecular weight is 386 g/mol. The quantitative estimate of drug-likeness (QED) is 0.406. The second-order valence-corrected chi connectivity index (χ2v) is 14.5. The van der Waals surface area contributed by atoms with Crippen LogP contribution in [0.5, 0.6) is 0 Å². The third kappa shape index (κ3) is 4.74. The summed E-state index contributed by atoms with van der Waals surface area (Å²) in [6.07, 6.45) is -0.285. The summed E-state index contributed by atoms with van der Waals surface area (Å²) in [7, 11) is -2.08. The van der Waals surface area contributed by atoms with E-state index in [2.05, 4.69) is 33.9 Å². The van der Waals surface area contributed by atoms with Crippen LogP contribution in [0.2, 0.25) is 18.1 Å². The van der Waals surface area contributed by atoms with E-state index in [1.165, 1.54) is 0 Å². The second-order valence-electron chi connectivity index (χ2n) is 9.78. The lowest BCUT2D eigenvalue weighted by atomic mass is 9.77. The molecule has 0 unspecified atom stereocenters. The van der Waals surface area contributed by atoms with E-state index < -0.39 is 37.9 Å². The predicted molar refractivity (Wildman–Crippen MR) is 103 cm³/mol. The summed E-state index contributed by atoms with van der Waals surface area (Å²) < 4.78 is 11.7. The third-order valence-electron chi connectivity index (χ3n) is 5.32. The Morgan fingerprint density at radius 1 is 1.15 bits per heavy atom. The van der Waals surface area contributed by atoms with E-state index in [4.69, 9.17) is 9.16 Å². The summed E-state index contributed by atoms with van der Waals surface area (Å²) in [6.45, 7) is 19.4. The fraction of sp³-hybridized carbons (Fsp3) is 0.842. The van der Waals surface area contributed by atoms with Gasteiger partial charge in [0.1, 0.15) is 11.9 Å². The molecule has 7 heteroatoms. The molecule has 0 aromatic carbocycles. The van der Waals surface area contributed by atoms with Crippen molar-refractivity contribution in [2.45, 2.75) is 91.3 Å². The van der Waals surface area contributed by atoms with Crippen LogP contribution in [0.1, 0.15) is 55.4 Å². The van der Waals surface area contributed by atoms with E-state index >= 15 is 0 Å². The zero-order chi connectivity index (χ0) is 20.7. The molecule has 0 bridgehead atoms. The number of nitrogens with zero attached hydrogens (tertiary/aromatic N) is 1. The maximum atomic E-state index is 12.7. The molecule has 1 saturated heterocycles. The maximum Gasteiger partial charge on any atom is 0.417 e. The van der Waals surface area contributed by atoms with Crippen LogP contribution in [0.25, 0.3) is 0 Å². The van der Waals surface area contributed by atoms with Gasteiger partial charge in [0, 0.05) is 5.92 Å². The van der Waals surface area contributed by atoms with Crippen molar-refractivity contribution >= 4 is 26.6 Å². The smallest absolute Gasteiger partial charge is 0.417 e. The summed E-state index contributed by atoms with van der Waals surface area (Å²) in [5.74, 6) is -1.32. The van der Waals surface area contributed by atoms with Crippen LogP contribution >= 0.6 is 0 Å². The number of carbonyl (C=O) groups excluding carboxylic acids is 3. The van der Waals surface area contributed by atoms with Crippen molar-refractivity contribution in [3.8, 4) is 0 Å². The SMILES string of the molecule is C[C@@H](C=O)[C@@H]1[C@@H]([C@@H](C)O[Si](C)(C)C(C)(C)C)C(=O)N1C(=O)OC(C)(C)C. The molecule has 1 fully saturated rings. The van der Waals surface area contributed by atoms with E-state index in [9.17, 15) is 14.4 Å². The molecule has 0 saturated carbocycles. The monoisotopic (exact) mass is 385 g/mol. The fourth-order valence-electron chi connectivity index (χ4n) is 2.89. The zero-order valence-electron chi connectivity index (χ0n) is 17.9. The van der Waals surface area contributed by atoms with E-state index in [1.54, 1.807) is 27.7 Å². The van der Waals surface area contributed by atoms with Gasteiger partial charge in [0.25, 0.3) is 0 Å². The Balaban J connectivity index is 3.04. The molecule has 0 radical (unpaired) electrons. The van der Waals surface area contributed by atoms with Gasteiger partial charge >= 0.3 is 6.09 Å². The number of likely N-dealkylation sites (tertiary alicyclic amines) is 1. The van der Waals surface area contributed by atoms with Gasteiger partial charge in [-0.2, -0.15) is 0 Å². The number of carbonyl (C=O) groups is 3. The number of amides is 2. The predicted octanol–water partition coefficient (Wildman–Crippen LogP) is 3.99. The van der Waals surface area contributed by atoms with Gasteiger partial charge in [0.15, 0.2) is 8.32 Å². The minimum absolute atomic E-state index is 0.00464. The number of imide groups is 1. The Kier molecular flexibility index (Phi) is 6.52. The molecule has 1 heterocycles. The van der Waals surface area contributed by atoms with Crippen molar-refractivity contribution in [1.82, 2.24) is 4.90 Å². The first-order valence-electron chi connectivity index (χ1n) is 9.22. The minimum Gasteiger partial charge on any atom is -0.443 e. The van der Waals surface area contributed by atoms with Crippen molar-refractivity contribution < 1.29 is 23.5 Å². The highest BCUT2D eigenvalue weighted by molar-refractivity contribution is 6.74. The molecule has 0 N–H and O–H groups in total. The highest BCUT2D eigenvalue weighted by Crippen LogP contribution is 2.42. The molecule has 4 atom stereocenters. The molecule has 0 aromatic heterocycles. The Morgan fingerprint density at radius 3 is 2.04 bits per heavy atom. The van der Waals surface area contributed by atoms with Crippen LogP contribution in [-0.4, -0.2) is 49.3 Å². The average Bonchev–Trinajstić information content (AvgIpc) is 2.39.